The van der Waals surface area contributed by atoms with Gasteiger partial charge in [0.1, 0.15) is 11.6 Å². The maximum atomic E-state index is 14.1. The Hall–Kier alpha value is -3.50. The van der Waals surface area contributed by atoms with Crippen molar-refractivity contribution < 1.29 is 36.3 Å². The first-order valence-corrected chi connectivity index (χ1v) is 11.7. The van der Waals surface area contributed by atoms with Crippen molar-refractivity contribution in [3.05, 3.63) is 98.6 Å². The molecule has 2 amide bonds. The number of hydrogen-bond donors (Lipinski definition) is 2. The molecule has 3 aromatic rings. The molecule has 0 saturated heterocycles. The van der Waals surface area contributed by atoms with Gasteiger partial charge in [0.2, 0.25) is 0 Å². The molecule has 0 saturated carbocycles. The molecular formula is C27H22ClF5N2O3. The van der Waals surface area contributed by atoms with Gasteiger partial charge in [-0.05, 0) is 67.9 Å². The molecule has 0 fully saturated rings. The van der Waals surface area contributed by atoms with Crippen LogP contribution < -0.4 is 10.6 Å². The average molecular weight is 553 g/mol. The number of halogens is 6. The lowest BCUT2D eigenvalue weighted by Crippen LogP contribution is -2.26. The van der Waals surface area contributed by atoms with Crippen LogP contribution in [0.2, 0.25) is 5.02 Å². The second kappa shape index (κ2) is 9.99. The molecule has 0 aromatic heterocycles. The van der Waals surface area contributed by atoms with Crippen LogP contribution in [0.15, 0.2) is 48.5 Å². The molecule has 2 N–H and O–H groups in total. The van der Waals surface area contributed by atoms with Crippen LogP contribution in [0.25, 0.3) is 0 Å². The highest BCUT2D eigenvalue weighted by Gasteiger charge is 2.36. The molecule has 0 aliphatic carbocycles. The minimum absolute atomic E-state index is 0.0656. The van der Waals surface area contributed by atoms with Gasteiger partial charge in [-0.3, -0.25) is 9.59 Å². The summed E-state index contributed by atoms with van der Waals surface area (Å²) in [7, 11) is 1.51. The molecule has 1 aliphatic rings. The van der Waals surface area contributed by atoms with E-state index in [0.717, 1.165) is 12.1 Å². The zero-order chi connectivity index (χ0) is 28.0. The van der Waals surface area contributed by atoms with Crippen LogP contribution in [0.3, 0.4) is 0 Å². The number of carbonyl (C=O) groups excluding carboxylic acids is 2. The molecule has 0 radical (unpaired) electrons. The molecule has 1 aliphatic heterocycles. The van der Waals surface area contributed by atoms with E-state index in [0.29, 0.717) is 24.1 Å². The van der Waals surface area contributed by atoms with E-state index in [-0.39, 0.29) is 33.5 Å². The van der Waals surface area contributed by atoms with Crippen LogP contribution in [-0.4, -0.2) is 24.5 Å². The van der Waals surface area contributed by atoms with Gasteiger partial charge in [-0.25, -0.2) is 8.78 Å². The van der Waals surface area contributed by atoms with Crippen LogP contribution in [0.4, 0.5) is 27.6 Å². The Morgan fingerprint density at radius 2 is 1.76 bits per heavy atom. The number of carbonyl (C=O) groups is 2. The minimum atomic E-state index is -4.88. The zero-order valence-corrected chi connectivity index (χ0v) is 21.2. The Labute approximate surface area is 219 Å². The number of benzene rings is 3. The van der Waals surface area contributed by atoms with Gasteiger partial charge >= 0.3 is 6.18 Å². The summed E-state index contributed by atoms with van der Waals surface area (Å²) in [5.41, 5.74) is -1.33. The van der Waals surface area contributed by atoms with Crippen molar-refractivity contribution in [2.45, 2.75) is 38.1 Å². The fraction of sp³-hybridized carbons (Fsp3) is 0.259. The average Bonchev–Trinajstić information content (AvgIpc) is 3.15. The number of rotatable bonds is 6. The Morgan fingerprint density at radius 3 is 2.42 bits per heavy atom. The lowest BCUT2D eigenvalue weighted by atomic mass is 9.91. The minimum Gasteiger partial charge on any atom is -0.378 e. The normalized spacial score (nSPS) is 15.3. The predicted molar refractivity (Wildman–Crippen MR) is 131 cm³/mol. The maximum Gasteiger partial charge on any atom is 0.416 e. The Morgan fingerprint density at radius 1 is 1.05 bits per heavy atom. The van der Waals surface area contributed by atoms with Crippen LogP contribution in [-0.2, 0) is 17.3 Å². The highest BCUT2D eigenvalue weighted by atomic mass is 35.5. The molecular weight excluding hydrogens is 531 g/mol. The molecule has 0 bridgehead atoms. The van der Waals surface area contributed by atoms with E-state index in [2.05, 4.69) is 10.6 Å². The van der Waals surface area contributed by atoms with Gasteiger partial charge < -0.3 is 15.4 Å². The van der Waals surface area contributed by atoms with E-state index in [1.54, 1.807) is 26.0 Å². The number of ether oxygens (including phenoxy) is 1. The van der Waals surface area contributed by atoms with Gasteiger partial charge in [0.15, 0.2) is 0 Å². The first kappa shape index (κ1) is 27.5. The second-order valence-electron chi connectivity index (χ2n) is 9.50. The number of nitrogens with one attached hydrogen (secondary N) is 2. The van der Waals surface area contributed by atoms with Gasteiger partial charge in [-0.1, -0.05) is 11.6 Å². The Kier molecular flexibility index (Phi) is 7.24. The number of fused-ring (bicyclic) bond motifs is 1. The van der Waals surface area contributed by atoms with Gasteiger partial charge in [-0.2, -0.15) is 13.2 Å². The molecule has 1 unspecified atom stereocenters. The van der Waals surface area contributed by atoms with Gasteiger partial charge in [0, 0.05) is 46.5 Å². The molecule has 0 spiro atoms. The maximum absolute atomic E-state index is 14.1. The first-order valence-electron chi connectivity index (χ1n) is 11.4. The molecule has 1 atom stereocenters. The smallest absolute Gasteiger partial charge is 0.378 e. The first-order chi connectivity index (χ1) is 17.7. The summed E-state index contributed by atoms with van der Waals surface area (Å²) in [6, 6.07) is 7.25. The zero-order valence-electron chi connectivity index (χ0n) is 20.4. The Bertz CT molecular complexity index is 1440. The molecule has 5 nitrogen and oxygen atoms in total. The monoisotopic (exact) mass is 552 g/mol. The third kappa shape index (κ3) is 5.66. The number of anilines is 1. The third-order valence-electron chi connectivity index (χ3n) is 6.24. The SMILES string of the molecule is COC(C)(C)Cc1cc(NC(=O)c2cc(F)cc(C(F)(F)F)c2)c2c(c1)C(=O)NC2c1cc(F)ccc1Cl. The summed E-state index contributed by atoms with van der Waals surface area (Å²) in [6.07, 6.45) is -4.57. The summed E-state index contributed by atoms with van der Waals surface area (Å²) in [4.78, 5) is 26.1. The van der Waals surface area contributed by atoms with E-state index in [1.807, 2.05) is 0 Å². The topological polar surface area (TPSA) is 67.4 Å². The number of methoxy groups -OCH3 is 1. The fourth-order valence-electron chi connectivity index (χ4n) is 4.31. The molecule has 1 heterocycles. The second-order valence-corrected chi connectivity index (χ2v) is 9.91. The van der Waals surface area contributed by atoms with E-state index >= 15 is 0 Å². The third-order valence-corrected chi connectivity index (χ3v) is 6.58. The summed E-state index contributed by atoms with van der Waals surface area (Å²) in [5.74, 6) is -3.42. The van der Waals surface area contributed by atoms with Crippen molar-refractivity contribution in [3.63, 3.8) is 0 Å². The van der Waals surface area contributed by atoms with E-state index in [4.69, 9.17) is 16.3 Å². The van der Waals surface area contributed by atoms with Crippen LogP contribution >= 0.6 is 11.6 Å². The largest absolute Gasteiger partial charge is 0.416 e. The fourth-order valence-corrected chi connectivity index (χ4v) is 4.54. The molecule has 3 aromatic carbocycles. The van der Waals surface area contributed by atoms with Crippen molar-refractivity contribution in [3.8, 4) is 0 Å². The Balaban J connectivity index is 1.85. The van der Waals surface area contributed by atoms with Crippen molar-refractivity contribution in [2.24, 2.45) is 0 Å². The van der Waals surface area contributed by atoms with Crippen molar-refractivity contribution >= 4 is 29.1 Å². The number of hydrogen-bond acceptors (Lipinski definition) is 3. The van der Waals surface area contributed by atoms with Crippen LogP contribution in [0, 0.1) is 11.6 Å². The van der Waals surface area contributed by atoms with Crippen molar-refractivity contribution in [1.29, 1.82) is 0 Å². The highest BCUT2D eigenvalue weighted by Crippen LogP contribution is 2.41. The van der Waals surface area contributed by atoms with Crippen LogP contribution in [0.1, 0.15) is 62.9 Å². The van der Waals surface area contributed by atoms with Crippen molar-refractivity contribution in [2.75, 3.05) is 12.4 Å². The van der Waals surface area contributed by atoms with E-state index < -0.39 is 52.4 Å². The molecule has 38 heavy (non-hydrogen) atoms. The van der Waals surface area contributed by atoms with E-state index in [1.165, 1.54) is 13.2 Å². The molecule has 11 heteroatoms. The number of alkyl halides is 3. The van der Waals surface area contributed by atoms with E-state index in [9.17, 15) is 31.5 Å². The predicted octanol–water partition coefficient (Wildman–Crippen LogP) is 6.69. The van der Waals surface area contributed by atoms with Crippen LogP contribution in [0.5, 0.6) is 0 Å². The highest BCUT2D eigenvalue weighted by molar-refractivity contribution is 6.31. The van der Waals surface area contributed by atoms with Gasteiger partial charge in [0.05, 0.1) is 17.2 Å². The van der Waals surface area contributed by atoms with Gasteiger partial charge in [-0.15, -0.1) is 0 Å². The summed E-state index contributed by atoms with van der Waals surface area (Å²) in [6.45, 7) is 3.61. The summed E-state index contributed by atoms with van der Waals surface area (Å²) >= 11 is 6.29. The molecule has 4 rings (SSSR count). The van der Waals surface area contributed by atoms with Gasteiger partial charge in [0.25, 0.3) is 11.8 Å². The number of amides is 2. The summed E-state index contributed by atoms with van der Waals surface area (Å²) in [5, 5.41) is 5.38. The standard InChI is InChI=1S/C27H22ClF5N2O3/c1-26(2,38-3)12-13-6-19-22(23(35-25(19)37)18-11-16(29)4-5-20(18)28)21(7-13)34-24(36)14-8-15(27(31,32)33)10-17(30)9-14/h4-11,23H,12H2,1-3H3,(H,34,36)(H,35,37). The quantitative estimate of drug-likeness (QED) is 0.335. The lowest BCUT2D eigenvalue weighted by Gasteiger charge is -2.24. The summed E-state index contributed by atoms with van der Waals surface area (Å²) < 4.78 is 73.2. The lowest BCUT2D eigenvalue weighted by molar-refractivity contribution is -0.137. The van der Waals surface area contributed by atoms with Crippen molar-refractivity contribution in [1.82, 2.24) is 5.32 Å². The molecule has 200 valence electrons.